The van der Waals surface area contributed by atoms with Crippen LogP contribution in [0.4, 0.5) is 0 Å². The molecule has 0 nitrogen and oxygen atoms in total. The molecule has 0 fully saturated rings. The molecule has 0 spiro atoms. The van der Waals surface area contributed by atoms with Gasteiger partial charge in [0.25, 0.3) is 0 Å². The molecule has 1 atom stereocenters. The summed E-state index contributed by atoms with van der Waals surface area (Å²) < 4.78 is 0. The lowest BCUT2D eigenvalue weighted by Gasteiger charge is -1.96. The van der Waals surface area contributed by atoms with Crippen molar-refractivity contribution in [3.8, 4) is 0 Å². The minimum atomic E-state index is 1.04. The lowest BCUT2D eigenvalue weighted by molar-refractivity contribution is 1.17. The van der Waals surface area contributed by atoms with Gasteiger partial charge in [-0.15, -0.1) is 9.24 Å². The lowest BCUT2D eigenvalue weighted by Crippen LogP contribution is -1.91. The Morgan fingerprint density at radius 1 is 1.20 bits per heavy atom. The average Bonchev–Trinajstić information content (AvgIpc) is 1.95. The molecule has 54 valence electrons. The molecule has 1 aromatic carbocycles. The molecule has 0 aliphatic rings. The fraction of sp³-hybridized carbons (Fsp3) is 0.250. The molecule has 1 unspecified atom stereocenters. The van der Waals surface area contributed by atoms with E-state index in [-0.39, 0.29) is 0 Å². The van der Waals surface area contributed by atoms with Crippen LogP contribution in [0.25, 0.3) is 0 Å². The van der Waals surface area contributed by atoms with E-state index in [1.807, 2.05) is 0 Å². The first-order valence-electron chi connectivity index (χ1n) is 3.23. The zero-order chi connectivity index (χ0) is 7.40. The molecule has 0 saturated heterocycles. The number of benzene rings is 1. The summed E-state index contributed by atoms with van der Waals surface area (Å²) in [6.45, 7) is 0. The Bertz CT molecular complexity index is 193. The zero-order valence-electron chi connectivity index (χ0n) is 5.68. The highest BCUT2D eigenvalue weighted by Crippen LogP contribution is 2.01. The van der Waals surface area contributed by atoms with E-state index in [1.54, 1.807) is 0 Å². The number of aryl methyl sites for hydroxylation is 1. The Morgan fingerprint density at radius 3 is 2.30 bits per heavy atom. The summed E-state index contributed by atoms with van der Waals surface area (Å²) in [6, 6.07) is 8.54. The maximum absolute atomic E-state index is 3.40. The lowest BCUT2D eigenvalue weighted by atomic mass is 10.2. The predicted molar refractivity (Wildman–Crippen MR) is 53.3 cm³/mol. The van der Waals surface area contributed by atoms with Crippen molar-refractivity contribution in [2.75, 3.05) is 5.33 Å². The van der Waals surface area contributed by atoms with Gasteiger partial charge in [0.05, 0.1) is 0 Å². The molecule has 0 aromatic heterocycles. The van der Waals surface area contributed by atoms with Gasteiger partial charge in [-0.2, -0.15) is 0 Å². The van der Waals surface area contributed by atoms with E-state index in [2.05, 4.69) is 49.4 Å². The monoisotopic (exact) mass is 216 g/mol. The van der Waals surface area contributed by atoms with Crippen molar-refractivity contribution in [3.05, 3.63) is 29.8 Å². The van der Waals surface area contributed by atoms with Gasteiger partial charge in [0.2, 0.25) is 0 Å². The van der Waals surface area contributed by atoms with Gasteiger partial charge in [-0.25, -0.2) is 0 Å². The highest BCUT2D eigenvalue weighted by molar-refractivity contribution is 9.09. The van der Waals surface area contributed by atoms with Gasteiger partial charge in [0, 0.05) is 5.33 Å². The van der Waals surface area contributed by atoms with E-state index in [4.69, 9.17) is 0 Å². The van der Waals surface area contributed by atoms with Crippen LogP contribution in [0.15, 0.2) is 24.3 Å². The third-order valence-electron chi connectivity index (χ3n) is 1.36. The van der Waals surface area contributed by atoms with Crippen molar-refractivity contribution in [1.29, 1.82) is 0 Å². The topological polar surface area (TPSA) is 0 Å². The van der Waals surface area contributed by atoms with Crippen molar-refractivity contribution in [2.24, 2.45) is 0 Å². The van der Waals surface area contributed by atoms with Crippen LogP contribution < -0.4 is 5.30 Å². The van der Waals surface area contributed by atoms with Crippen molar-refractivity contribution in [3.63, 3.8) is 0 Å². The molecule has 2 heteroatoms. The Labute approximate surface area is 72.4 Å². The van der Waals surface area contributed by atoms with Crippen LogP contribution in [-0.4, -0.2) is 5.33 Å². The highest BCUT2D eigenvalue weighted by Gasteiger charge is 1.88. The van der Waals surface area contributed by atoms with Crippen LogP contribution in [0.1, 0.15) is 5.56 Å². The number of rotatable bonds is 2. The highest BCUT2D eigenvalue weighted by atomic mass is 79.9. The molecule has 0 heterocycles. The van der Waals surface area contributed by atoms with Gasteiger partial charge in [0.15, 0.2) is 0 Å². The van der Waals surface area contributed by atoms with Crippen LogP contribution in [0.2, 0.25) is 0 Å². The SMILES string of the molecule is Pc1ccc(CCBr)cc1. The summed E-state index contributed by atoms with van der Waals surface area (Å²) in [5.41, 5.74) is 1.39. The smallest absolute Gasteiger partial charge is 0.00718 e. The van der Waals surface area contributed by atoms with Crippen molar-refractivity contribution in [2.45, 2.75) is 6.42 Å². The van der Waals surface area contributed by atoms with Crippen molar-refractivity contribution in [1.82, 2.24) is 0 Å². The minimum absolute atomic E-state index is 1.04. The van der Waals surface area contributed by atoms with Crippen LogP contribution in [0.3, 0.4) is 0 Å². The Balaban J connectivity index is 2.69. The first-order chi connectivity index (χ1) is 4.83. The van der Waals surface area contributed by atoms with Crippen LogP contribution in [0, 0.1) is 0 Å². The van der Waals surface area contributed by atoms with E-state index >= 15 is 0 Å². The van der Waals surface area contributed by atoms with Crippen molar-refractivity contribution < 1.29 is 0 Å². The zero-order valence-corrected chi connectivity index (χ0v) is 8.42. The first-order valence-corrected chi connectivity index (χ1v) is 4.93. The van der Waals surface area contributed by atoms with E-state index in [9.17, 15) is 0 Å². The van der Waals surface area contributed by atoms with Crippen LogP contribution in [-0.2, 0) is 6.42 Å². The summed E-state index contributed by atoms with van der Waals surface area (Å²) in [6.07, 6.45) is 1.12. The van der Waals surface area contributed by atoms with Gasteiger partial charge >= 0.3 is 0 Å². The molecule has 10 heavy (non-hydrogen) atoms. The fourth-order valence-corrected chi connectivity index (χ4v) is 1.44. The largest absolute Gasteiger partial charge is 0.106 e. The molecule has 0 N–H and O–H groups in total. The van der Waals surface area contributed by atoms with Gasteiger partial charge in [-0.05, 0) is 17.3 Å². The molecule has 0 saturated carbocycles. The standard InChI is InChI=1S/C8H10BrP/c9-6-5-7-1-3-8(10)4-2-7/h1-4H,5-6,10H2. The second-order valence-corrected chi connectivity index (χ2v) is 3.64. The van der Waals surface area contributed by atoms with Gasteiger partial charge < -0.3 is 0 Å². The number of alkyl halides is 1. The number of halogens is 1. The Morgan fingerprint density at radius 2 is 1.80 bits per heavy atom. The average molecular weight is 217 g/mol. The van der Waals surface area contributed by atoms with E-state index in [0.29, 0.717) is 0 Å². The van der Waals surface area contributed by atoms with E-state index in [1.165, 1.54) is 10.9 Å². The third kappa shape index (κ3) is 2.40. The summed E-state index contributed by atoms with van der Waals surface area (Å²) in [5.74, 6) is 0. The van der Waals surface area contributed by atoms with E-state index < -0.39 is 0 Å². The molecular formula is C8H10BrP. The molecule has 0 aliphatic heterocycles. The van der Waals surface area contributed by atoms with Gasteiger partial charge in [-0.1, -0.05) is 40.2 Å². The molecule has 1 aromatic rings. The summed E-state index contributed by atoms with van der Waals surface area (Å²) in [4.78, 5) is 0. The van der Waals surface area contributed by atoms with Crippen LogP contribution >= 0.6 is 25.2 Å². The molecule has 0 radical (unpaired) electrons. The Hall–Kier alpha value is 0.130. The minimum Gasteiger partial charge on any atom is -0.106 e. The molecule has 0 bridgehead atoms. The molecular weight excluding hydrogens is 207 g/mol. The van der Waals surface area contributed by atoms with Crippen molar-refractivity contribution >= 4 is 30.5 Å². The van der Waals surface area contributed by atoms with E-state index in [0.717, 1.165) is 11.8 Å². The summed E-state index contributed by atoms with van der Waals surface area (Å²) in [7, 11) is 2.68. The molecule has 1 rings (SSSR count). The quantitative estimate of drug-likeness (QED) is 0.525. The van der Waals surface area contributed by atoms with Crippen LogP contribution in [0.5, 0.6) is 0 Å². The maximum atomic E-state index is 3.40. The second kappa shape index (κ2) is 4.10. The fourth-order valence-electron chi connectivity index (χ4n) is 0.793. The Kier molecular flexibility index (Phi) is 3.37. The molecule has 0 amide bonds. The summed E-state index contributed by atoms with van der Waals surface area (Å²) >= 11 is 3.40. The van der Waals surface area contributed by atoms with Gasteiger partial charge in [-0.3, -0.25) is 0 Å². The third-order valence-corrected chi connectivity index (χ3v) is 2.14. The number of hydrogen-bond acceptors (Lipinski definition) is 0. The molecule has 0 aliphatic carbocycles. The number of hydrogen-bond donors (Lipinski definition) is 0. The summed E-state index contributed by atoms with van der Waals surface area (Å²) in [5, 5.41) is 2.29. The van der Waals surface area contributed by atoms with Gasteiger partial charge in [0.1, 0.15) is 0 Å². The first kappa shape index (κ1) is 8.23. The predicted octanol–water partition coefficient (Wildman–Crippen LogP) is 2.12. The second-order valence-electron chi connectivity index (χ2n) is 2.18. The maximum Gasteiger partial charge on any atom is 0.00718 e. The normalized spacial score (nSPS) is 9.80.